The average Bonchev–Trinajstić information content (AvgIpc) is 2.78. The lowest BCUT2D eigenvalue weighted by Crippen LogP contribution is -2.42. The van der Waals surface area contributed by atoms with Crippen LogP contribution in [0.4, 0.5) is 11.4 Å². The van der Waals surface area contributed by atoms with E-state index in [9.17, 15) is 4.79 Å². The average molecular weight is 430 g/mol. The summed E-state index contributed by atoms with van der Waals surface area (Å²) in [7, 11) is 2.21. The molecule has 5 heteroatoms. The number of hydrogen-bond acceptors (Lipinski definition) is 4. The topological polar surface area (TPSA) is 49.6 Å². The van der Waals surface area contributed by atoms with Crippen molar-refractivity contribution in [1.29, 1.82) is 0 Å². The number of benzene rings is 3. The van der Waals surface area contributed by atoms with Gasteiger partial charge in [-0.1, -0.05) is 54.2 Å². The van der Waals surface area contributed by atoms with Crippen molar-refractivity contribution in [1.82, 2.24) is 4.90 Å². The fourth-order valence-electron chi connectivity index (χ4n) is 4.74. The maximum atomic E-state index is 11.6. The van der Waals surface area contributed by atoms with Gasteiger partial charge >= 0.3 is 0 Å². The Kier molecular flexibility index (Phi) is 5.47. The van der Waals surface area contributed by atoms with Gasteiger partial charge in [0.05, 0.1) is 17.8 Å². The summed E-state index contributed by atoms with van der Waals surface area (Å²) in [6.45, 7) is 2.26. The van der Waals surface area contributed by atoms with Gasteiger partial charge in [0.2, 0.25) is 5.91 Å². The first-order valence-corrected chi connectivity index (χ1v) is 11.7. The number of primary amides is 1. The smallest absolute Gasteiger partial charge is 0.221 e. The Hall–Kier alpha value is -2.76. The lowest BCUT2D eigenvalue weighted by atomic mass is 9.96. The summed E-state index contributed by atoms with van der Waals surface area (Å²) in [5.74, 6) is -0.304. The van der Waals surface area contributed by atoms with Crippen LogP contribution in [0, 0.1) is 0 Å². The third kappa shape index (κ3) is 3.95. The molecule has 3 aromatic carbocycles. The standard InChI is InChI=1S/C26H27N3OS/c1-28-14-12-20(13-15-28)29-22-8-4-5-9-24(22)31-25-16-19(10-11-23(25)29)21-7-3-2-6-18(21)17-26(27)30/h2-11,16,20H,12-15,17H2,1H3,(H2,27,30). The molecule has 2 aliphatic rings. The summed E-state index contributed by atoms with van der Waals surface area (Å²) in [6, 6.07) is 24.0. The zero-order valence-corrected chi connectivity index (χ0v) is 18.6. The number of para-hydroxylation sites is 1. The van der Waals surface area contributed by atoms with Gasteiger partial charge in [-0.05, 0) is 73.9 Å². The minimum atomic E-state index is -0.304. The quantitative estimate of drug-likeness (QED) is 0.628. The van der Waals surface area contributed by atoms with Gasteiger partial charge in [-0.25, -0.2) is 0 Å². The minimum Gasteiger partial charge on any atom is -0.369 e. The van der Waals surface area contributed by atoms with Crippen LogP contribution in [0.3, 0.4) is 0 Å². The minimum absolute atomic E-state index is 0.255. The molecular formula is C26H27N3OS. The lowest BCUT2D eigenvalue weighted by molar-refractivity contribution is -0.117. The Labute approximate surface area is 188 Å². The molecular weight excluding hydrogens is 402 g/mol. The number of nitrogens with zero attached hydrogens (tertiary/aromatic N) is 2. The van der Waals surface area contributed by atoms with E-state index in [1.165, 1.54) is 21.2 Å². The van der Waals surface area contributed by atoms with Gasteiger partial charge in [-0.15, -0.1) is 0 Å². The second-order valence-electron chi connectivity index (χ2n) is 8.46. The second kappa shape index (κ2) is 8.40. The number of hydrogen-bond donors (Lipinski definition) is 1. The maximum absolute atomic E-state index is 11.6. The van der Waals surface area contributed by atoms with Crippen molar-refractivity contribution in [2.24, 2.45) is 5.73 Å². The summed E-state index contributed by atoms with van der Waals surface area (Å²) in [5, 5.41) is 0. The Balaban J connectivity index is 1.57. The van der Waals surface area contributed by atoms with Crippen LogP contribution in [0.15, 0.2) is 76.5 Å². The molecule has 1 fully saturated rings. The van der Waals surface area contributed by atoms with E-state index in [1.807, 2.05) is 30.0 Å². The normalized spacial score (nSPS) is 16.6. The first-order valence-electron chi connectivity index (χ1n) is 10.9. The summed E-state index contributed by atoms with van der Waals surface area (Å²) >= 11 is 1.84. The van der Waals surface area contributed by atoms with E-state index >= 15 is 0 Å². The van der Waals surface area contributed by atoms with E-state index < -0.39 is 0 Å². The maximum Gasteiger partial charge on any atom is 0.221 e. The molecule has 0 bridgehead atoms. The summed E-state index contributed by atoms with van der Waals surface area (Å²) in [6.07, 6.45) is 2.58. The highest BCUT2D eigenvalue weighted by atomic mass is 32.2. The van der Waals surface area contributed by atoms with Crippen LogP contribution in [-0.4, -0.2) is 37.0 Å². The van der Waals surface area contributed by atoms with E-state index in [4.69, 9.17) is 5.73 Å². The van der Waals surface area contributed by atoms with Gasteiger partial charge in [0, 0.05) is 15.8 Å². The number of amides is 1. The molecule has 2 heterocycles. The summed E-state index contributed by atoms with van der Waals surface area (Å²) in [4.78, 5) is 19.1. The van der Waals surface area contributed by atoms with Crippen molar-refractivity contribution in [3.63, 3.8) is 0 Å². The highest BCUT2D eigenvalue weighted by Gasteiger charge is 2.31. The lowest BCUT2D eigenvalue weighted by Gasteiger charge is -2.42. The number of nitrogens with two attached hydrogens (primary N) is 1. The Morgan fingerprint density at radius 2 is 1.68 bits per heavy atom. The predicted molar refractivity (Wildman–Crippen MR) is 128 cm³/mol. The fourth-order valence-corrected chi connectivity index (χ4v) is 5.85. The van der Waals surface area contributed by atoms with Gasteiger partial charge in [0.25, 0.3) is 0 Å². The molecule has 1 saturated heterocycles. The molecule has 2 aliphatic heterocycles. The van der Waals surface area contributed by atoms with Crippen LogP contribution in [0.25, 0.3) is 11.1 Å². The third-order valence-electron chi connectivity index (χ3n) is 6.31. The number of rotatable bonds is 4. The molecule has 0 unspecified atom stereocenters. The number of carbonyl (C=O) groups is 1. The van der Waals surface area contributed by atoms with E-state index in [2.05, 4.69) is 65.4 Å². The third-order valence-corrected chi connectivity index (χ3v) is 7.42. The number of fused-ring (bicyclic) bond motifs is 2. The monoisotopic (exact) mass is 429 g/mol. The highest BCUT2D eigenvalue weighted by molar-refractivity contribution is 7.99. The predicted octanol–water partition coefficient (Wildman–Crippen LogP) is 5.08. The van der Waals surface area contributed by atoms with Crippen molar-refractivity contribution in [2.45, 2.75) is 35.1 Å². The molecule has 3 aromatic rings. The van der Waals surface area contributed by atoms with Gasteiger partial charge in [-0.3, -0.25) is 4.79 Å². The molecule has 0 aromatic heterocycles. The molecule has 0 aliphatic carbocycles. The summed E-state index contributed by atoms with van der Waals surface area (Å²) in [5.41, 5.74) is 11.3. The van der Waals surface area contributed by atoms with Crippen molar-refractivity contribution in [3.8, 4) is 11.1 Å². The van der Waals surface area contributed by atoms with Gasteiger partial charge in [-0.2, -0.15) is 0 Å². The number of likely N-dealkylation sites (tertiary alicyclic amines) is 1. The summed E-state index contributed by atoms with van der Waals surface area (Å²) < 4.78 is 0. The molecule has 0 radical (unpaired) electrons. The van der Waals surface area contributed by atoms with Crippen molar-refractivity contribution in [3.05, 3.63) is 72.3 Å². The van der Waals surface area contributed by atoms with Gasteiger partial charge in [0.15, 0.2) is 0 Å². The first kappa shape index (κ1) is 20.2. The van der Waals surface area contributed by atoms with Crippen LogP contribution < -0.4 is 10.6 Å². The molecule has 4 nitrogen and oxygen atoms in total. The number of anilines is 2. The molecule has 158 valence electrons. The van der Waals surface area contributed by atoms with Crippen LogP contribution in [-0.2, 0) is 11.2 Å². The molecule has 0 atom stereocenters. The molecule has 0 saturated carbocycles. The van der Waals surface area contributed by atoms with E-state index in [-0.39, 0.29) is 12.3 Å². The van der Waals surface area contributed by atoms with Gasteiger partial charge < -0.3 is 15.5 Å². The van der Waals surface area contributed by atoms with Crippen LogP contribution >= 0.6 is 11.8 Å². The zero-order valence-electron chi connectivity index (χ0n) is 17.8. The number of piperidine rings is 1. The fraction of sp³-hybridized carbons (Fsp3) is 0.269. The highest BCUT2D eigenvalue weighted by Crippen LogP contribution is 2.51. The van der Waals surface area contributed by atoms with Gasteiger partial charge in [0.1, 0.15) is 0 Å². The molecule has 5 rings (SSSR count). The molecule has 1 amide bonds. The molecule has 2 N–H and O–H groups in total. The molecule has 31 heavy (non-hydrogen) atoms. The number of carbonyl (C=O) groups excluding carboxylic acids is 1. The van der Waals surface area contributed by atoms with E-state index in [1.54, 1.807) is 0 Å². The first-order chi connectivity index (χ1) is 15.1. The zero-order chi connectivity index (χ0) is 21.4. The second-order valence-corrected chi connectivity index (χ2v) is 9.54. The van der Waals surface area contributed by atoms with Crippen molar-refractivity contribution in [2.75, 3.05) is 25.0 Å². The largest absolute Gasteiger partial charge is 0.369 e. The Bertz CT molecular complexity index is 1120. The van der Waals surface area contributed by atoms with Crippen LogP contribution in [0.5, 0.6) is 0 Å². The van der Waals surface area contributed by atoms with Crippen LogP contribution in [0.1, 0.15) is 18.4 Å². The van der Waals surface area contributed by atoms with Crippen molar-refractivity contribution >= 4 is 29.0 Å². The molecule has 0 spiro atoms. The van der Waals surface area contributed by atoms with E-state index in [0.29, 0.717) is 6.04 Å². The van der Waals surface area contributed by atoms with Crippen molar-refractivity contribution < 1.29 is 4.79 Å². The Morgan fingerprint density at radius 3 is 2.48 bits per heavy atom. The Morgan fingerprint density at radius 1 is 0.968 bits per heavy atom. The van der Waals surface area contributed by atoms with E-state index in [0.717, 1.165) is 42.6 Å². The SMILES string of the molecule is CN1CCC(N2c3ccccc3Sc3cc(-c4ccccc4CC(N)=O)ccc32)CC1. The van der Waals surface area contributed by atoms with Crippen LogP contribution in [0.2, 0.25) is 0 Å².